The second kappa shape index (κ2) is 51.3. The standard InChI is InChI=1S/C48H79N7O6.C42H71N5O7.CH4/c1-13-33(6)45(54(10)48(59)43(31(2)3)52-47(58)44(32(4)5)53(8)9)41(60-11)29-42(57)55-26-16-18-39(55)46(61-12)34(7)40(56)28-36(27-38-17-14-15-24-51-38)30-50-25-23-35-19-21-37(49)22-20-35;1-14-29(7)39(46(11)42(52)37(26(2)3)44-41(51)38(27(4)5)45(9)10)34(53-12)24-36(50)47-23-15-16-32(47)40(54-13)30(8)33(48)21-22-35(49)43-25-31-19-17-28(6)18-20-31;/h14-15,17,19-22,24,31-34,36,39,41,43-46,50H,13,16,18,23,25-30,49H2,1-12H3,(H,52,58);17-20,26-27,29-30,32,34,37-40H,14-16,21-25H2,1-13H3,(H,43,49)(H,44,51);1H4/t33-,34-,36+,39-,41+,43-,44-,45-,46+;29-,30-,32-,34+,37-,38-,39-,40+;/m00./s1. The molecule has 3 aromatic rings. The van der Waals surface area contributed by atoms with Crippen LogP contribution in [0.1, 0.15) is 197 Å². The van der Waals surface area contributed by atoms with Gasteiger partial charge in [0, 0.05) is 111 Å². The molecule has 3 heterocycles. The number of likely N-dealkylation sites (N-methyl/N-ethyl adjacent to an activating group) is 4. The van der Waals surface area contributed by atoms with Crippen LogP contribution in [0.2, 0.25) is 0 Å². The fourth-order valence-corrected chi connectivity index (χ4v) is 17.1. The summed E-state index contributed by atoms with van der Waals surface area (Å²) < 4.78 is 24.1. The van der Waals surface area contributed by atoms with E-state index in [1.165, 1.54) is 5.56 Å². The number of likely N-dealkylation sites (tertiary alicyclic amines) is 2. The quantitative estimate of drug-likeness (QED) is 0.0259. The molecule has 116 heavy (non-hydrogen) atoms. The molecule has 2 aromatic carbocycles. The van der Waals surface area contributed by atoms with Crippen molar-refractivity contribution in [2.45, 2.75) is 274 Å². The summed E-state index contributed by atoms with van der Waals surface area (Å²) in [5.74, 6) is -2.47. The van der Waals surface area contributed by atoms with Gasteiger partial charge in [0.05, 0.1) is 73.5 Å². The first kappa shape index (κ1) is 103. The number of rotatable bonds is 48. The van der Waals surface area contributed by atoms with E-state index in [4.69, 9.17) is 24.7 Å². The minimum absolute atomic E-state index is 0. The smallest absolute Gasteiger partial charge is 0.245 e. The van der Waals surface area contributed by atoms with Crippen molar-refractivity contribution in [3.05, 3.63) is 95.3 Å². The molecule has 0 spiro atoms. The summed E-state index contributed by atoms with van der Waals surface area (Å²) in [6.07, 6.45) is 6.09. The lowest BCUT2D eigenvalue weighted by Gasteiger charge is -2.41. The number of nitrogen functional groups attached to an aromatic ring is 1. The topological polar surface area (TPSA) is 297 Å². The molecule has 25 heteroatoms. The van der Waals surface area contributed by atoms with Crippen LogP contribution in [0, 0.1) is 60.2 Å². The number of pyridine rings is 1. The minimum Gasteiger partial charge on any atom is -0.399 e. The van der Waals surface area contributed by atoms with E-state index in [1.807, 2.05) is 200 Å². The molecule has 0 saturated carbocycles. The van der Waals surface area contributed by atoms with Gasteiger partial charge in [-0.3, -0.25) is 57.9 Å². The van der Waals surface area contributed by atoms with E-state index in [0.717, 1.165) is 67.6 Å². The highest BCUT2D eigenvalue weighted by Gasteiger charge is 2.46. The van der Waals surface area contributed by atoms with Crippen molar-refractivity contribution in [1.82, 2.24) is 55.7 Å². The number of carbonyl (C=O) groups is 9. The first-order chi connectivity index (χ1) is 54.3. The van der Waals surface area contributed by atoms with Crippen LogP contribution in [-0.2, 0) is 81.5 Å². The van der Waals surface area contributed by atoms with Crippen molar-refractivity contribution in [2.24, 2.45) is 53.3 Å². The maximum absolute atomic E-state index is 14.4. The number of hydrogen-bond acceptors (Lipinski definition) is 18. The molecule has 656 valence electrons. The van der Waals surface area contributed by atoms with E-state index in [2.05, 4.69) is 40.1 Å². The summed E-state index contributed by atoms with van der Waals surface area (Å²) in [5.41, 5.74) is 10.9. The average molecular weight is 1620 g/mol. The van der Waals surface area contributed by atoms with Gasteiger partial charge in [0.15, 0.2) is 0 Å². The number of Topliss-reactive ketones (excluding diaryl/α,β-unsaturated/α-hetero) is 2. The van der Waals surface area contributed by atoms with Gasteiger partial charge >= 0.3 is 0 Å². The normalized spacial score (nSPS) is 18.3. The number of carbonyl (C=O) groups excluding carboxylic acids is 9. The predicted molar refractivity (Wildman–Crippen MR) is 463 cm³/mol. The Kier molecular flexibility index (Phi) is 45.5. The number of anilines is 1. The SMILES string of the molecule is C.CC[C@H](C)[C@@H]([C@@H](CC(=O)N1CCC[C@H]1[C@H](OC)[C@@H](C)C(=O)CCC(=O)NCc1ccc(C)cc1)OC)N(C)C(=O)[C@@H](NC(=O)[C@H](C(C)C)N(C)C)C(C)C.CC[C@H](C)[C@@H]([C@@H](CC(=O)N1CCC[C@H]1[C@H](OC)[C@@H](C)C(=O)C[C@H](CNCCc1ccc(N)cc1)Cc1ccccn1)OC)N(C)C(=O)[C@@H](NC(=O)[C@H](C(C)C)N(C)C)C(C)C. The Morgan fingerprint density at radius 2 is 0.991 bits per heavy atom. The van der Waals surface area contributed by atoms with E-state index in [-0.39, 0.29) is 140 Å². The molecule has 0 radical (unpaired) electrons. The summed E-state index contributed by atoms with van der Waals surface area (Å²) in [6.45, 7) is 32.5. The maximum atomic E-state index is 14.4. The van der Waals surface area contributed by atoms with Gasteiger partial charge in [0.25, 0.3) is 0 Å². The zero-order chi connectivity index (χ0) is 86.2. The Morgan fingerprint density at radius 3 is 1.38 bits per heavy atom. The molecular weight excluding hydrogens is 1470 g/mol. The molecule has 25 nitrogen and oxygen atoms in total. The van der Waals surface area contributed by atoms with Gasteiger partial charge in [-0.25, -0.2) is 0 Å². The number of hydrogen-bond donors (Lipinski definition) is 5. The Morgan fingerprint density at radius 1 is 0.552 bits per heavy atom. The summed E-state index contributed by atoms with van der Waals surface area (Å²) in [4.78, 5) is 139. The van der Waals surface area contributed by atoms with Gasteiger partial charge in [-0.1, -0.05) is 165 Å². The average Bonchev–Trinajstić information content (AvgIpc) is 1.60. The summed E-state index contributed by atoms with van der Waals surface area (Å²) >= 11 is 0. The van der Waals surface area contributed by atoms with Crippen molar-refractivity contribution in [3.63, 3.8) is 0 Å². The van der Waals surface area contributed by atoms with Crippen LogP contribution >= 0.6 is 0 Å². The van der Waals surface area contributed by atoms with Crippen LogP contribution in [0.3, 0.4) is 0 Å². The number of aromatic nitrogens is 1. The highest BCUT2D eigenvalue weighted by atomic mass is 16.5. The van der Waals surface area contributed by atoms with Gasteiger partial charge in [-0.05, 0) is 164 Å². The van der Waals surface area contributed by atoms with Gasteiger partial charge in [0.1, 0.15) is 23.7 Å². The summed E-state index contributed by atoms with van der Waals surface area (Å²) in [6, 6.07) is 17.9. The highest BCUT2D eigenvalue weighted by molar-refractivity contribution is 5.92. The van der Waals surface area contributed by atoms with Gasteiger partial charge < -0.3 is 65.5 Å². The molecule has 5 rings (SSSR count). The van der Waals surface area contributed by atoms with Gasteiger partial charge in [-0.15, -0.1) is 0 Å². The van der Waals surface area contributed by atoms with Crippen LogP contribution in [0.15, 0.2) is 72.9 Å². The Hall–Kier alpha value is -7.26. The van der Waals surface area contributed by atoms with E-state index in [9.17, 15) is 43.2 Å². The lowest BCUT2D eigenvalue weighted by Crippen LogP contribution is -2.59. The molecular formula is C91H154N12O13. The Labute approximate surface area is 698 Å². The molecule has 2 fully saturated rings. The van der Waals surface area contributed by atoms with Crippen LogP contribution < -0.4 is 27.0 Å². The predicted octanol–water partition coefficient (Wildman–Crippen LogP) is 10.5. The number of benzene rings is 2. The van der Waals surface area contributed by atoms with Crippen LogP contribution in [0.4, 0.5) is 5.69 Å². The zero-order valence-electron chi connectivity index (χ0n) is 74.8. The van der Waals surface area contributed by atoms with Gasteiger partial charge in [-0.2, -0.15) is 0 Å². The van der Waals surface area contributed by atoms with E-state index >= 15 is 0 Å². The molecule has 6 N–H and O–H groups in total. The maximum Gasteiger partial charge on any atom is 0.245 e. The zero-order valence-corrected chi connectivity index (χ0v) is 74.8. The third kappa shape index (κ3) is 30.5. The first-order valence-electron chi connectivity index (χ1n) is 42.3. The van der Waals surface area contributed by atoms with Gasteiger partial charge in [0.2, 0.25) is 41.4 Å². The number of ether oxygens (including phenoxy) is 4. The molecule has 0 unspecified atom stereocenters. The summed E-state index contributed by atoms with van der Waals surface area (Å²) in [7, 11) is 17.3. The number of amides is 7. The molecule has 17 atom stereocenters. The number of ketones is 2. The molecule has 0 bridgehead atoms. The van der Waals surface area contributed by atoms with Crippen LogP contribution in [0.5, 0.6) is 0 Å². The lowest BCUT2D eigenvalue weighted by atomic mass is 9.86. The third-order valence-corrected chi connectivity index (χ3v) is 24.0. The largest absolute Gasteiger partial charge is 0.399 e. The molecule has 2 saturated heterocycles. The highest BCUT2D eigenvalue weighted by Crippen LogP contribution is 2.34. The number of nitrogens with zero attached hydrogens (tertiary/aromatic N) is 7. The fraction of sp³-hybridized carbons (Fsp3) is 0.714. The lowest BCUT2D eigenvalue weighted by molar-refractivity contribution is -0.148. The van der Waals surface area contributed by atoms with Crippen LogP contribution in [-0.4, -0.2) is 257 Å². The number of aryl methyl sites for hydroxylation is 1. The molecule has 7 amide bonds. The van der Waals surface area contributed by atoms with Crippen LogP contribution in [0.25, 0.3) is 0 Å². The Balaban J connectivity index is 0.000000600. The van der Waals surface area contributed by atoms with Crippen molar-refractivity contribution in [3.8, 4) is 0 Å². The van der Waals surface area contributed by atoms with Crippen molar-refractivity contribution < 1.29 is 62.1 Å². The minimum atomic E-state index is -0.757. The molecule has 1 aromatic heterocycles. The summed E-state index contributed by atoms with van der Waals surface area (Å²) in [5, 5.41) is 12.6. The monoisotopic (exact) mass is 1620 g/mol. The Bertz CT molecular complexity index is 3440. The fourth-order valence-electron chi connectivity index (χ4n) is 17.1. The number of nitrogens with two attached hydrogens (primary N) is 1. The third-order valence-electron chi connectivity index (χ3n) is 24.0. The second-order valence-electron chi connectivity index (χ2n) is 34.4. The van der Waals surface area contributed by atoms with Crippen molar-refractivity contribution in [2.75, 3.05) is 103 Å². The van der Waals surface area contributed by atoms with E-state index in [1.54, 1.807) is 63.4 Å². The van der Waals surface area contributed by atoms with Crippen molar-refractivity contribution >= 4 is 58.6 Å². The van der Waals surface area contributed by atoms with Crippen molar-refractivity contribution in [1.29, 1.82) is 0 Å². The molecule has 2 aliphatic rings. The second-order valence-corrected chi connectivity index (χ2v) is 34.4. The molecule has 0 aliphatic carbocycles. The number of methoxy groups -OCH3 is 4. The van der Waals surface area contributed by atoms with E-state index in [0.29, 0.717) is 45.4 Å². The first-order valence-corrected chi connectivity index (χ1v) is 42.3. The molecule has 2 aliphatic heterocycles. The van der Waals surface area contributed by atoms with E-state index < -0.39 is 72.5 Å². The number of nitrogens with one attached hydrogen (secondary N) is 4.